The number of nitrogens with zero attached hydrogens (tertiary/aromatic N) is 3. The Labute approximate surface area is 146 Å². The largest absolute Gasteiger partial charge is 0.435 e. The van der Waals surface area contributed by atoms with Crippen molar-refractivity contribution >= 4 is 11.6 Å². The molecule has 12 heteroatoms. The van der Waals surface area contributed by atoms with E-state index in [-0.39, 0.29) is 27.9 Å². The molecule has 3 rings (SSSR count). The van der Waals surface area contributed by atoms with Crippen LogP contribution in [-0.4, -0.2) is 20.8 Å². The number of rotatable bonds is 3. The lowest BCUT2D eigenvalue weighted by atomic mass is 10.2. The van der Waals surface area contributed by atoms with Crippen molar-refractivity contribution in [2.24, 2.45) is 0 Å². The molecule has 2 heterocycles. The number of halogens is 6. The summed E-state index contributed by atoms with van der Waals surface area (Å²) in [4.78, 5) is 11.8. The summed E-state index contributed by atoms with van der Waals surface area (Å²) in [5.41, 5.74) is -3.34. The Balaban J connectivity index is 1.91. The van der Waals surface area contributed by atoms with Crippen LogP contribution in [0, 0.1) is 0 Å². The summed E-state index contributed by atoms with van der Waals surface area (Å²) < 4.78 is 82.1. The highest BCUT2D eigenvalue weighted by Crippen LogP contribution is 2.36. The molecular formula is C15H8F6N4O2. The number of anilines is 1. The van der Waals surface area contributed by atoms with Crippen molar-refractivity contribution in [3.63, 3.8) is 0 Å². The van der Waals surface area contributed by atoms with Gasteiger partial charge in [-0.15, -0.1) is 0 Å². The maximum absolute atomic E-state index is 13.0. The van der Waals surface area contributed by atoms with Gasteiger partial charge < -0.3 is 9.84 Å². The highest BCUT2D eigenvalue weighted by Gasteiger charge is 2.42. The van der Waals surface area contributed by atoms with Crippen LogP contribution in [0.3, 0.4) is 0 Å². The molecule has 6 nitrogen and oxygen atoms in total. The first-order chi connectivity index (χ1) is 12.6. The summed E-state index contributed by atoms with van der Waals surface area (Å²) >= 11 is 0. The quantitative estimate of drug-likeness (QED) is 0.682. The highest BCUT2D eigenvalue weighted by atomic mass is 19.4. The SMILES string of the molecule is O=C(Nc1ccc(-n2nc(C(F)(F)F)cc2C(F)(F)F)cc1)c1ccno1. The third-order valence-electron chi connectivity index (χ3n) is 3.32. The Morgan fingerprint density at radius 3 is 2.19 bits per heavy atom. The Bertz CT molecular complexity index is 942. The lowest BCUT2D eigenvalue weighted by Gasteiger charge is -2.11. The van der Waals surface area contributed by atoms with Crippen LogP contribution in [0.25, 0.3) is 5.69 Å². The van der Waals surface area contributed by atoms with Crippen LogP contribution in [0.5, 0.6) is 0 Å². The van der Waals surface area contributed by atoms with Crippen LogP contribution in [0.15, 0.2) is 47.1 Å². The van der Waals surface area contributed by atoms with Crippen molar-refractivity contribution < 1.29 is 35.7 Å². The maximum Gasteiger partial charge on any atom is 0.435 e. The van der Waals surface area contributed by atoms with Gasteiger partial charge in [0.2, 0.25) is 5.76 Å². The first-order valence-corrected chi connectivity index (χ1v) is 7.12. The van der Waals surface area contributed by atoms with E-state index in [0.717, 1.165) is 12.1 Å². The van der Waals surface area contributed by atoms with Gasteiger partial charge in [-0.2, -0.15) is 31.4 Å². The normalized spacial score (nSPS) is 12.2. The molecule has 0 unspecified atom stereocenters. The van der Waals surface area contributed by atoms with E-state index in [9.17, 15) is 31.1 Å². The molecule has 0 bridgehead atoms. The lowest BCUT2D eigenvalue weighted by Crippen LogP contribution is -2.14. The fourth-order valence-electron chi connectivity index (χ4n) is 2.13. The average molecular weight is 390 g/mol. The van der Waals surface area contributed by atoms with E-state index in [1.807, 2.05) is 0 Å². The van der Waals surface area contributed by atoms with Gasteiger partial charge in [0, 0.05) is 17.8 Å². The third kappa shape index (κ3) is 3.93. The van der Waals surface area contributed by atoms with Gasteiger partial charge in [-0.25, -0.2) is 4.68 Å². The van der Waals surface area contributed by atoms with Crippen LogP contribution >= 0.6 is 0 Å². The third-order valence-corrected chi connectivity index (χ3v) is 3.32. The van der Waals surface area contributed by atoms with Crippen molar-refractivity contribution in [2.75, 3.05) is 5.32 Å². The predicted molar refractivity (Wildman–Crippen MR) is 78.0 cm³/mol. The van der Waals surface area contributed by atoms with Gasteiger partial charge in [0.25, 0.3) is 5.91 Å². The summed E-state index contributed by atoms with van der Waals surface area (Å²) in [6, 6.07) is 5.80. The summed E-state index contributed by atoms with van der Waals surface area (Å²) in [6.45, 7) is 0. The molecular weight excluding hydrogens is 382 g/mol. The van der Waals surface area contributed by atoms with Gasteiger partial charge in [-0.1, -0.05) is 5.16 Å². The Hall–Kier alpha value is -3.31. The molecule has 0 saturated heterocycles. The molecule has 0 aliphatic rings. The van der Waals surface area contributed by atoms with Crippen LogP contribution < -0.4 is 5.32 Å². The van der Waals surface area contributed by atoms with Gasteiger partial charge >= 0.3 is 12.4 Å². The zero-order chi connectivity index (χ0) is 19.8. The van der Waals surface area contributed by atoms with Gasteiger partial charge in [0.15, 0.2) is 5.69 Å². The molecule has 0 fully saturated rings. The minimum Gasteiger partial charge on any atom is -0.351 e. The summed E-state index contributed by atoms with van der Waals surface area (Å²) in [5, 5.41) is 8.75. The number of carbonyl (C=O) groups is 1. The van der Waals surface area contributed by atoms with Crippen molar-refractivity contribution in [2.45, 2.75) is 12.4 Å². The monoisotopic (exact) mass is 390 g/mol. The van der Waals surface area contributed by atoms with Crippen LogP contribution in [0.2, 0.25) is 0 Å². The Kier molecular flexibility index (Phi) is 4.41. The molecule has 3 aromatic rings. The van der Waals surface area contributed by atoms with E-state index < -0.39 is 29.6 Å². The van der Waals surface area contributed by atoms with Crippen molar-refractivity contribution in [3.05, 3.63) is 59.7 Å². The maximum atomic E-state index is 13.0. The molecule has 0 atom stereocenters. The molecule has 142 valence electrons. The number of hydrogen-bond acceptors (Lipinski definition) is 4. The molecule has 0 saturated carbocycles. The molecule has 27 heavy (non-hydrogen) atoms. The Morgan fingerprint density at radius 2 is 1.67 bits per heavy atom. The van der Waals surface area contributed by atoms with Crippen LogP contribution in [0.4, 0.5) is 32.0 Å². The van der Waals surface area contributed by atoms with E-state index in [4.69, 9.17) is 0 Å². The second-order valence-corrected chi connectivity index (χ2v) is 5.20. The van der Waals surface area contributed by atoms with Crippen molar-refractivity contribution in [3.8, 4) is 5.69 Å². The Morgan fingerprint density at radius 1 is 1.00 bits per heavy atom. The minimum atomic E-state index is -5.05. The van der Waals surface area contributed by atoms with Crippen molar-refractivity contribution in [1.82, 2.24) is 14.9 Å². The number of alkyl halides is 6. The molecule has 0 aliphatic heterocycles. The predicted octanol–water partition coefficient (Wildman–Crippen LogP) is 4.15. The van der Waals surface area contributed by atoms with Gasteiger partial charge in [0.1, 0.15) is 5.69 Å². The number of nitrogens with one attached hydrogen (secondary N) is 1. The number of amides is 1. The van der Waals surface area contributed by atoms with E-state index in [2.05, 4.69) is 20.1 Å². The molecule has 2 aromatic heterocycles. The number of benzene rings is 1. The van der Waals surface area contributed by atoms with E-state index in [0.29, 0.717) is 0 Å². The van der Waals surface area contributed by atoms with Gasteiger partial charge in [0.05, 0.1) is 11.9 Å². The highest BCUT2D eigenvalue weighted by molar-refractivity contribution is 6.02. The summed E-state index contributed by atoms with van der Waals surface area (Å²) in [6.07, 6.45) is -8.83. The lowest BCUT2D eigenvalue weighted by molar-refractivity contribution is -0.143. The smallest absolute Gasteiger partial charge is 0.351 e. The molecule has 1 amide bonds. The fourth-order valence-corrected chi connectivity index (χ4v) is 2.13. The number of hydrogen-bond donors (Lipinski definition) is 1. The van der Waals surface area contributed by atoms with E-state index in [1.165, 1.54) is 24.4 Å². The fraction of sp³-hybridized carbons (Fsp3) is 0.133. The summed E-state index contributed by atoms with van der Waals surface area (Å²) in [5.74, 6) is -0.755. The van der Waals surface area contributed by atoms with Gasteiger partial charge in [-0.3, -0.25) is 4.79 Å². The van der Waals surface area contributed by atoms with Crippen LogP contribution in [-0.2, 0) is 12.4 Å². The first-order valence-electron chi connectivity index (χ1n) is 7.12. The van der Waals surface area contributed by atoms with E-state index in [1.54, 1.807) is 0 Å². The number of carbonyl (C=O) groups excluding carboxylic acids is 1. The molecule has 1 N–H and O–H groups in total. The zero-order valence-electron chi connectivity index (χ0n) is 13.0. The summed E-state index contributed by atoms with van der Waals surface area (Å²) in [7, 11) is 0. The topological polar surface area (TPSA) is 73.0 Å². The standard InChI is InChI=1S/C15H8F6N4O2/c16-14(17,18)11-7-12(15(19,20)21)25(24-11)9-3-1-8(2-4-9)23-13(26)10-5-6-22-27-10/h1-7H,(H,23,26). The second kappa shape index (κ2) is 6.45. The molecule has 1 aromatic carbocycles. The van der Waals surface area contributed by atoms with E-state index >= 15 is 0 Å². The minimum absolute atomic E-state index is 0.0698. The first kappa shape index (κ1) is 18.5. The van der Waals surface area contributed by atoms with Crippen molar-refractivity contribution in [1.29, 1.82) is 0 Å². The molecule has 0 spiro atoms. The number of aromatic nitrogens is 3. The molecule has 0 aliphatic carbocycles. The second-order valence-electron chi connectivity index (χ2n) is 5.20. The van der Waals surface area contributed by atoms with Crippen LogP contribution in [0.1, 0.15) is 21.9 Å². The average Bonchev–Trinajstić information content (AvgIpc) is 3.24. The van der Waals surface area contributed by atoms with Gasteiger partial charge in [-0.05, 0) is 24.3 Å². The zero-order valence-corrected chi connectivity index (χ0v) is 13.0. The molecule has 0 radical (unpaired) electrons.